The van der Waals surface area contributed by atoms with Crippen LogP contribution in [0.2, 0.25) is 0 Å². The molecule has 0 spiro atoms. The lowest BCUT2D eigenvalue weighted by atomic mass is 10.1. The second-order valence-corrected chi connectivity index (χ2v) is 7.75. The number of rotatable bonds is 14. The van der Waals surface area contributed by atoms with E-state index in [1.165, 1.54) is 96.9 Å². The van der Waals surface area contributed by atoms with Crippen LogP contribution >= 0.6 is 24.0 Å². The fourth-order valence-electron chi connectivity index (χ4n) is 3.42. The number of halogens is 1. The molecule has 0 aliphatic carbocycles. The molecule has 6 heteroatoms. The largest absolute Gasteiger partial charge is 0.356 e. The highest BCUT2D eigenvalue weighted by molar-refractivity contribution is 14.0. The van der Waals surface area contributed by atoms with Gasteiger partial charge in [-0.3, -0.25) is 4.99 Å². The van der Waals surface area contributed by atoms with Gasteiger partial charge in [0.2, 0.25) is 0 Å². The van der Waals surface area contributed by atoms with E-state index in [4.69, 9.17) is 0 Å². The Bertz CT molecular complexity index is 343. The summed E-state index contributed by atoms with van der Waals surface area (Å²) in [5.74, 6) is 0.965. The van der Waals surface area contributed by atoms with E-state index in [9.17, 15) is 0 Å². The van der Waals surface area contributed by atoms with E-state index < -0.39 is 0 Å². The average Bonchev–Trinajstić information content (AvgIpc) is 2.66. The molecule has 5 nitrogen and oxygen atoms in total. The lowest BCUT2D eigenvalue weighted by Crippen LogP contribution is -2.44. The van der Waals surface area contributed by atoms with Crippen molar-refractivity contribution in [2.75, 3.05) is 59.9 Å². The van der Waals surface area contributed by atoms with Gasteiger partial charge in [0.15, 0.2) is 5.96 Å². The molecule has 0 aromatic rings. The Kier molecular flexibility index (Phi) is 19.2. The van der Waals surface area contributed by atoms with E-state index in [1.807, 2.05) is 7.05 Å². The minimum Gasteiger partial charge on any atom is -0.356 e. The number of nitrogens with zero attached hydrogens (tertiary/aromatic N) is 3. The van der Waals surface area contributed by atoms with E-state index in [2.05, 4.69) is 39.4 Å². The molecule has 1 fully saturated rings. The molecule has 1 rings (SSSR count). The highest BCUT2D eigenvalue weighted by atomic mass is 127. The molecule has 0 bridgehead atoms. The first-order chi connectivity index (χ1) is 12.8. The van der Waals surface area contributed by atoms with Gasteiger partial charge in [-0.15, -0.1) is 24.0 Å². The molecule has 0 amide bonds. The highest BCUT2D eigenvalue weighted by Crippen LogP contribution is 2.07. The lowest BCUT2D eigenvalue weighted by molar-refractivity contribution is 0.152. The standard InChI is InChI=1S/C21H45N5.HI/c1-4-5-6-7-8-9-10-11-14-23-21(22-2)24-15-12-13-16-26-19-17-25(3)18-20-26;/h4-20H2,1-3H3,(H2,22,23,24);1H. The quantitative estimate of drug-likeness (QED) is 0.166. The molecule has 0 unspecified atom stereocenters. The van der Waals surface area contributed by atoms with Crippen molar-refractivity contribution in [3.05, 3.63) is 0 Å². The van der Waals surface area contributed by atoms with E-state index in [0.29, 0.717) is 0 Å². The molecule has 0 aromatic carbocycles. The van der Waals surface area contributed by atoms with E-state index >= 15 is 0 Å². The number of guanidine groups is 1. The Labute approximate surface area is 186 Å². The van der Waals surface area contributed by atoms with Crippen LogP contribution < -0.4 is 10.6 Å². The number of unbranched alkanes of at least 4 members (excludes halogenated alkanes) is 8. The number of hydrogen-bond donors (Lipinski definition) is 2. The number of hydrogen-bond acceptors (Lipinski definition) is 3. The molecule has 1 aliphatic heterocycles. The van der Waals surface area contributed by atoms with Crippen LogP contribution in [0.5, 0.6) is 0 Å². The molecule has 0 radical (unpaired) electrons. The maximum absolute atomic E-state index is 4.33. The van der Waals surface area contributed by atoms with E-state index in [1.54, 1.807) is 0 Å². The summed E-state index contributed by atoms with van der Waals surface area (Å²) in [5.41, 5.74) is 0. The molecule has 27 heavy (non-hydrogen) atoms. The Hall–Kier alpha value is -0.0800. The Balaban J connectivity index is 0.00000676. The Morgan fingerprint density at radius 2 is 1.30 bits per heavy atom. The molecule has 0 atom stereocenters. The smallest absolute Gasteiger partial charge is 0.190 e. The van der Waals surface area contributed by atoms with Gasteiger partial charge in [-0.05, 0) is 32.9 Å². The minimum atomic E-state index is 0. The summed E-state index contributed by atoms with van der Waals surface area (Å²) >= 11 is 0. The third-order valence-corrected chi connectivity index (χ3v) is 5.34. The zero-order valence-electron chi connectivity index (χ0n) is 18.3. The zero-order valence-corrected chi connectivity index (χ0v) is 20.6. The van der Waals surface area contributed by atoms with Crippen molar-refractivity contribution in [3.8, 4) is 0 Å². The third kappa shape index (κ3) is 15.5. The molecule has 0 saturated carbocycles. The first-order valence-electron chi connectivity index (χ1n) is 11.1. The summed E-state index contributed by atoms with van der Waals surface area (Å²) in [4.78, 5) is 9.34. The SMILES string of the molecule is CCCCCCCCCCNC(=NC)NCCCCN1CCN(C)CC1.I. The van der Waals surface area contributed by atoms with Gasteiger partial charge in [0.1, 0.15) is 0 Å². The van der Waals surface area contributed by atoms with Gasteiger partial charge in [0.05, 0.1) is 0 Å². The van der Waals surface area contributed by atoms with Crippen LogP contribution in [0, 0.1) is 0 Å². The molecule has 1 aliphatic rings. The van der Waals surface area contributed by atoms with Gasteiger partial charge in [-0.2, -0.15) is 0 Å². The minimum absolute atomic E-state index is 0. The van der Waals surface area contributed by atoms with Crippen molar-refractivity contribution < 1.29 is 0 Å². The van der Waals surface area contributed by atoms with Gasteiger partial charge in [-0.1, -0.05) is 51.9 Å². The van der Waals surface area contributed by atoms with E-state index in [0.717, 1.165) is 19.0 Å². The van der Waals surface area contributed by atoms with Crippen molar-refractivity contribution in [2.24, 2.45) is 4.99 Å². The van der Waals surface area contributed by atoms with Gasteiger partial charge in [-0.25, -0.2) is 0 Å². The van der Waals surface area contributed by atoms with Gasteiger partial charge in [0, 0.05) is 46.3 Å². The highest BCUT2D eigenvalue weighted by Gasteiger charge is 2.12. The monoisotopic (exact) mass is 495 g/mol. The van der Waals surface area contributed by atoms with Crippen LogP contribution in [0.25, 0.3) is 0 Å². The summed E-state index contributed by atoms with van der Waals surface area (Å²) in [6.45, 7) is 10.5. The maximum atomic E-state index is 4.33. The van der Waals surface area contributed by atoms with E-state index in [-0.39, 0.29) is 24.0 Å². The number of likely N-dealkylation sites (N-methyl/N-ethyl adjacent to an activating group) is 1. The summed E-state index contributed by atoms with van der Waals surface area (Å²) < 4.78 is 0. The molecule has 0 aromatic heterocycles. The third-order valence-electron chi connectivity index (χ3n) is 5.34. The van der Waals surface area contributed by atoms with Crippen molar-refractivity contribution in [2.45, 2.75) is 71.1 Å². The van der Waals surface area contributed by atoms with Crippen LogP contribution in [0.4, 0.5) is 0 Å². The Morgan fingerprint density at radius 3 is 1.85 bits per heavy atom. The van der Waals surface area contributed by atoms with Crippen molar-refractivity contribution in [3.63, 3.8) is 0 Å². The molecule has 2 N–H and O–H groups in total. The van der Waals surface area contributed by atoms with Crippen LogP contribution in [-0.4, -0.2) is 75.7 Å². The number of aliphatic imine (C=N–C) groups is 1. The molecule has 1 heterocycles. The van der Waals surface area contributed by atoms with Crippen LogP contribution in [-0.2, 0) is 0 Å². The molecular formula is C21H46IN5. The van der Waals surface area contributed by atoms with Gasteiger partial charge >= 0.3 is 0 Å². The van der Waals surface area contributed by atoms with Crippen molar-refractivity contribution >= 4 is 29.9 Å². The second kappa shape index (κ2) is 19.2. The van der Waals surface area contributed by atoms with Crippen LogP contribution in [0.1, 0.15) is 71.1 Å². The molecule has 162 valence electrons. The second-order valence-electron chi connectivity index (χ2n) is 7.75. The number of nitrogens with one attached hydrogen (secondary N) is 2. The predicted molar refractivity (Wildman–Crippen MR) is 131 cm³/mol. The van der Waals surface area contributed by atoms with Crippen LogP contribution in [0.15, 0.2) is 4.99 Å². The summed E-state index contributed by atoms with van der Waals surface area (Å²) in [5, 5.41) is 6.90. The summed E-state index contributed by atoms with van der Waals surface area (Å²) in [6.07, 6.45) is 13.4. The molecular weight excluding hydrogens is 449 g/mol. The first-order valence-corrected chi connectivity index (χ1v) is 11.1. The molecule has 1 saturated heterocycles. The fourth-order valence-corrected chi connectivity index (χ4v) is 3.42. The first kappa shape index (κ1) is 26.9. The van der Waals surface area contributed by atoms with Gasteiger partial charge < -0.3 is 20.4 Å². The maximum Gasteiger partial charge on any atom is 0.190 e. The average molecular weight is 496 g/mol. The fraction of sp³-hybridized carbons (Fsp3) is 0.952. The topological polar surface area (TPSA) is 42.9 Å². The predicted octanol–water partition coefficient (Wildman–Crippen LogP) is 3.94. The summed E-state index contributed by atoms with van der Waals surface area (Å²) in [6, 6.07) is 0. The van der Waals surface area contributed by atoms with Gasteiger partial charge in [0.25, 0.3) is 0 Å². The normalized spacial score (nSPS) is 16.2. The van der Waals surface area contributed by atoms with Crippen LogP contribution in [0.3, 0.4) is 0 Å². The lowest BCUT2D eigenvalue weighted by Gasteiger charge is -2.32. The zero-order chi connectivity index (χ0) is 18.9. The number of piperazine rings is 1. The summed E-state index contributed by atoms with van der Waals surface area (Å²) in [7, 11) is 4.08. The van der Waals surface area contributed by atoms with Crippen molar-refractivity contribution in [1.29, 1.82) is 0 Å². The van der Waals surface area contributed by atoms with Crippen molar-refractivity contribution in [1.82, 2.24) is 20.4 Å². The Morgan fingerprint density at radius 1 is 0.778 bits per heavy atom.